The van der Waals surface area contributed by atoms with Crippen LogP contribution in [0, 0.1) is 11.6 Å². The molecule has 3 rings (SSSR count). The topological polar surface area (TPSA) is 66.0 Å². The highest BCUT2D eigenvalue weighted by atomic mass is 19.2. The largest absolute Gasteiger partial charge is 0.477 e. The molecular weight excluding hydrogens is 290 g/mol. The number of aromatic nitrogens is 2. The maximum absolute atomic E-state index is 14.0. The summed E-state index contributed by atoms with van der Waals surface area (Å²) >= 11 is 0. The Morgan fingerprint density at radius 3 is 2.41 bits per heavy atom. The van der Waals surface area contributed by atoms with Gasteiger partial charge in [-0.1, -0.05) is 30.3 Å². The highest BCUT2D eigenvalue weighted by molar-refractivity contribution is 5.87. The van der Waals surface area contributed by atoms with Crippen molar-refractivity contribution in [1.82, 2.24) is 10.2 Å². The number of hydrogen-bond donors (Lipinski definition) is 2. The summed E-state index contributed by atoms with van der Waals surface area (Å²) in [6.45, 7) is 0. The predicted molar refractivity (Wildman–Crippen MR) is 76.3 cm³/mol. The van der Waals surface area contributed by atoms with Crippen molar-refractivity contribution in [3.63, 3.8) is 0 Å². The van der Waals surface area contributed by atoms with E-state index in [2.05, 4.69) is 10.2 Å². The molecule has 0 radical (unpaired) electrons. The maximum atomic E-state index is 14.0. The summed E-state index contributed by atoms with van der Waals surface area (Å²) < 4.78 is 27.9. The first kappa shape index (κ1) is 13.9. The van der Waals surface area contributed by atoms with Crippen LogP contribution < -0.4 is 0 Å². The van der Waals surface area contributed by atoms with E-state index >= 15 is 0 Å². The lowest BCUT2D eigenvalue weighted by Crippen LogP contribution is -1.95. The van der Waals surface area contributed by atoms with Gasteiger partial charge in [-0.3, -0.25) is 5.10 Å². The Morgan fingerprint density at radius 1 is 1.05 bits per heavy atom. The number of carboxylic acids is 1. The van der Waals surface area contributed by atoms with Gasteiger partial charge < -0.3 is 5.11 Å². The number of hydrogen-bond acceptors (Lipinski definition) is 2. The lowest BCUT2D eigenvalue weighted by atomic mass is 10.0. The molecular formula is C16H10F2N2O2. The number of nitrogens with one attached hydrogen (secondary N) is 1. The fraction of sp³-hybridized carbons (Fsp3) is 0. The van der Waals surface area contributed by atoms with E-state index in [0.717, 1.165) is 6.07 Å². The van der Waals surface area contributed by atoms with E-state index in [1.165, 1.54) is 12.1 Å². The molecule has 0 spiro atoms. The zero-order valence-electron chi connectivity index (χ0n) is 11.2. The van der Waals surface area contributed by atoms with Gasteiger partial charge in [0.25, 0.3) is 0 Å². The second-order valence-corrected chi connectivity index (χ2v) is 4.66. The first-order valence-corrected chi connectivity index (χ1v) is 6.40. The predicted octanol–water partition coefficient (Wildman–Crippen LogP) is 3.72. The number of carboxylic acid groups (broad SMARTS) is 1. The number of benzene rings is 2. The van der Waals surface area contributed by atoms with Gasteiger partial charge in [0.05, 0.1) is 5.69 Å². The number of aromatic carboxylic acids is 1. The summed E-state index contributed by atoms with van der Waals surface area (Å²) in [4.78, 5) is 10.8. The van der Waals surface area contributed by atoms with Crippen molar-refractivity contribution >= 4 is 5.97 Å². The van der Waals surface area contributed by atoms with Crippen molar-refractivity contribution in [2.45, 2.75) is 0 Å². The molecule has 0 saturated heterocycles. The fourth-order valence-electron chi connectivity index (χ4n) is 2.14. The molecule has 1 aromatic heterocycles. The smallest absolute Gasteiger partial charge is 0.353 e. The lowest BCUT2D eigenvalue weighted by Gasteiger charge is -2.07. The highest BCUT2D eigenvalue weighted by Gasteiger charge is 2.16. The average molecular weight is 300 g/mol. The summed E-state index contributed by atoms with van der Waals surface area (Å²) in [5, 5.41) is 15.0. The molecule has 0 aliphatic heterocycles. The Morgan fingerprint density at radius 2 is 1.77 bits per heavy atom. The van der Waals surface area contributed by atoms with E-state index in [0.29, 0.717) is 11.1 Å². The van der Waals surface area contributed by atoms with Gasteiger partial charge in [0.1, 0.15) is 5.69 Å². The van der Waals surface area contributed by atoms with Crippen LogP contribution in [0.3, 0.4) is 0 Å². The van der Waals surface area contributed by atoms with Gasteiger partial charge in [0.15, 0.2) is 11.6 Å². The Bertz CT molecular complexity index is 845. The highest BCUT2D eigenvalue weighted by Crippen LogP contribution is 2.30. The fourth-order valence-corrected chi connectivity index (χ4v) is 2.14. The number of aromatic amines is 1. The number of H-pyrrole nitrogens is 1. The minimum absolute atomic E-state index is 0.0930. The van der Waals surface area contributed by atoms with Crippen LogP contribution in [-0.4, -0.2) is 21.3 Å². The number of halogens is 2. The molecule has 0 amide bonds. The number of nitrogens with zero attached hydrogens (tertiary/aromatic N) is 1. The first-order valence-electron chi connectivity index (χ1n) is 6.40. The maximum Gasteiger partial charge on any atom is 0.353 e. The minimum atomic E-state index is -1.18. The van der Waals surface area contributed by atoms with Crippen molar-refractivity contribution in [1.29, 1.82) is 0 Å². The van der Waals surface area contributed by atoms with E-state index in [9.17, 15) is 13.6 Å². The third-order valence-corrected chi connectivity index (χ3v) is 3.22. The van der Waals surface area contributed by atoms with Crippen LogP contribution in [0.15, 0.2) is 48.5 Å². The molecule has 2 aromatic carbocycles. The molecule has 2 N–H and O–H groups in total. The molecule has 0 aliphatic rings. The molecule has 3 aromatic rings. The zero-order valence-corrected chi connectivity index (χ0v) is 11.2. The Hall–Kier alpha value is -3.02. The zero-order chi connectivity index (χ0) is 15.7. The molecule has 1 heterocycles. The molecule has 0 fully saturated rings. The normalized spacial score (nSPS) is 10.6. The van der Waals surface area contributed by atoms with Crippen molar-refractivity contribution < 1.29 is 18.7 Å². The van der Waals surface area contributed by atoms with Crippen LogP contribution in [0.25, 0.3) is 22.4 Å². The van der Waals surface area contributed by atoms with Crippen LogP contribution in [0.2, 0.25) is 0 Å². The van der Waals surface area contributed by atoms with Crippen molar-refractivity contribution in [3.8, 4) is 22.4 Å². The van der Waals surface area contributed by atoms with Gasteiger partial charge in [-0.25, -0.2) is 13.6 Å². The molecule has 6 heteroatoms. The van der Waals surface area contributed by atoms with E-state index in [4.69, 9.17) is 5.11 Å². The summed E-state index contributed by atoms with van der Waals surface area (Å²) in [5.74, 6) is -3.15. The second-order valence-electron chi connectivity index (χ2n) is 4.66. The molecule has 4 nitrogen and oxygen atoms in total. The van der Waals surface area contributed by atoms with Gasteiger partial charge in [0.2, 0.25) is 0 Å². The Kier molecular flexibility index (Phi) is 3.42. The summed E-state index contributed by atoms with van der Waals surface area (Å²) in [5.41, 5.74) is 1.01. The van der Waals surface area contributed by atoms with Crippen LogP contribution in [0.1, 0.15) is 10.5 Å². The van der Waals surface area contributed by atoms with E-state index < -0.39 is 17.6 Å². The molecule has 0 atom stereocenters. The van der Waals surface area contributed by atoms with Gasteiger partial charge in [-0.05, 0) is 23.8 Å². The third kappa shape index (κ3) is 2.46. The molecule has 110 valence electrons. The van der Waals surface area contributed by atoms with Crippen molar-refractivity contribution in [3.05, 3.63) is 65.9 Å². The lowest BCUT2D eigenvalue weighted by molar-refractivity contribution is 0.0690. The minimum Gasteiger partial charge on any atom is -0.477 e. The molecule has 0 unspecified atom stereocenters. The van der Waals surface area contributed by atoms with Crippen LogP contribution >= 0.6 is 0 Å². The summed E-state index contributed by atoms with van der Waals surface area (Å²) in [7, 11) is 0. The van der Waals surface area contributed by atoms with Crippen molar-refractivity contribution in [2.75, 3.05) is 0 Å². The van der Waals surface area contributed by atoms with Crippen LogP contribution in [-0.2, 0) is 0 Å². The standard InChI is InChI=1S/C16H10F2N2O2/c17-12-7-10(13-8-14(16(21)22)20-19-13)6-11(15(12)18)9-4-2-1-3-5-9/h1-8H,(H,19,20)(H,21,22). The first-order chi connectivity index (χ1) is 10.6. The third-order valence-electron chi connectivity index (χ3n) is 3.22. The van der Waals surface area contributed by atoms with E-state index in [-0.39, 0.29) is 17.0 Å². The molecule has 0 aliphatic carbocycles. The van der Waals surface area contributed by atoms with Crippen molar-refractivity contribution in [2.24, 2.45) is 0 Å². The average Bonchev–Trinajstić information content (AvgIpc) is 3.01. The summed E-state index contributed by atoms with van der Waals surface area (Å²) in [6, 6.07) is 12.2. The van der Waals surface area contributed by atoms with E-state index in [1.807, 2.05) is 0 Å². The van der Waals surface area contributed by atoms with Gasteiger partial charge >= 0.3 is 5.97 Å². The van der Waals surface area contributed by atoms with Gasteiger partial charge in [0, 0.05) is 11.1 Å². The Balaban J connectivity index is 2.13. The van der Waals surface area contributed by atoms with Gasteiger partial charge in [-0.2, -0.15) is 5.10 Å². The second kappa shape index (κ2) is 5.40. The molecule has 0 saturated carbocycles. The van der Waals surface area contributed by atoms with E-state index in [1.54, 1.807) is 30.3 Å². The summed E-state index contributed by atoms with van der Waals surface area (Å²) in [6.07, 6.45) is 0. The quantitative estimate of drug-likeness (QED) is 0.774. The Labute approximate surface area is 124 Å². The monoisotopic (exact) mass is 300 g/mol. The number of carbonyl (C=O) groups is 1. The SMILES string of the molecule is O=C(O)c1cc(-c2cc(F)c(F)c(-c3ccccc3)c2)n[nH]1. The van der Waals surface area contributed by atoms with Crippen LogP contribution in [0.5, 0.6) is 0 Å². The molecule has 22 heavy (non-hydrogen) atoms. The molecule has 0 bridgehead atoms. The number of rotatable bonds is 3. The van der Waals surface area contributed by atoms with Crippen LogP contribution in [0.4, 0.5) is 8.78 Å². The van der Waals surface area contributed by atoms with Gasteiger partial charge in [-0.15, -0.1) is 0 Å².